The number of methoxy groups -OCH3 is 1. The highest BCUT2D eigenvalue weighted by molar-refractivity contribution is 7.89. The van der Waals surface area contributed by atoms with Crippen LogP contribution in [0.1, 0.15) is 47.2 Å². The lowest BCUT2D eigenvalue weighted by Gasteiger charge is -2.19. The van der Waals surface area contributed by atoms with Gasteiger partial charge in [-0.3, -0.25) is 9.59 Å². The number of aryl methyl sites for hydroxylation is 2. The number of fused-ring (bicyclic) bond motifs is 1. The van der Waals surface area contributed by atoms with Crippen LogP contribution in [0.2, 0.25) is 0 Å². The molecule has 2 aromatic carbocycles. The summed E-state index contributed by atoms with van der Waals surface area (Å²) < 4.78 is 35.0. The van der Waals surface area contributed by atoms with Gasteiger partial charge in [0.1, 0.15) is 6.54 Å². The fraction of sp³-hybridized carbons (Fsp3) is 0.400. The van der Waals surface area contributed by atoms with Crippen LogP contribution < -0.4 is 4.80 Å². The van der Waals surface area contributed by atoms with Gasteiger partial charge in [0.05, 0.1) is 22.2 Å². The van der Waals surface area contributed by atoms with Crippen molar-refractivity contribution in [2.45, 2.75) is 51.0 Å². The molecular formula is C25H29N3O5S2. The molecule has 2 heterocycles. The van der Waals surface area contributed by atoms with Gasteiger partial charge in [-0.1, -0.05) is 24.2 Å². The maximum atomic E-state index is 13.0. The maximum Gasteiger partial charge on any atom is 0.325 e. The Labute approximate surface area is 208 Å². The van der Waals surface area contributed by atoms with Crippen LogP contribution in [0, 0.1) is 13.8 Å². The zero-order chi connectivity index (χ0) is 25.2. The van der Waals surface area contributed by atoms with E-state index in [1.807, 2.05) is 26.0 Å². The number of amides is 1. The summed E-state index contributed by atoms with van der Waals surface area (Å²) in [5, 5.41) is 0. The van der Waals surface area contributed by atoms with Crippen molar-refractivity contribution in [2.75, 3.05) is 20.2 Å². The molecule has 8 nitrogen and oxygen atoms in total. The average molecular weight is 516 g/mol. The first kappa shape index (κ1) is 25.3. The number of esters is 1. The van der Waals surface area contributed by atoms with Crippen molar-refractivity contribution < 1.29 is 22.7 Å². The number of carbonyl (C=O) groups excluding carboxylic acids is 2. The molecule has 1 aliphatic rings. The standard InChI is InChI=1S/C25H29N3O5S2/c1-17-14-21-22(15-18(17)2)34-25(28(21)16-23(29)33-3)26-24(30)19-8-10-20(11-9-19)35(31,32)27-12-6-4-5-7-13-27/h8-11,14-15H,4-7,12-13,16H2,1-3H3. The van der Waals surface area contributed by atoms with Gasteiger partial charge in [0, 0.05) is 18.7 Å². The van der Waals surface area contributed by atoms with Crippen LogP contribution in [0.4, 0.5) is 0 Å². The lowest BCUT2D eigenvalue weighted by Crippen LogP contribution is -2.31. The van der Waals surface area contributed by atoms with E-state index in [1.54, 1.807) is 4.57 Å². The Kier molecular flexibility index (Phi) is 7.53. The largest absolute Gasteiger partial charge is 0.468 e. The highest BCUT2D eigenvalue weighted by atomic mass is 32.2. The Balaban J connectivity index is 1.67. The molecule has 1 aromatic heterocycles. The quantitative estimate of drug-likeness (QED) is 0.482. The van der Waals surface area contributed by atoms with Crippen LogP contribution in [0.15, 0.2) is 46.3 Å². The van der Waals surface area contributed by atoms with Crippen molar-refractivity contribution in [3.05, 3.63) is 57.9 Å². The Morgan fingerprint density at radius 3 is 2.26 bits per heavy atom. The third-order valence-corrected chi connectivity index (χ3v) is 9.27. The van der Waals surface area contributed by atoms with E-state index < -0.39 is 21.9 Å². The van der Waals surface area contributed by atoms with Gasteiger partial charge < -0.3 is 9.30 Å². The SMILES string of the molecule is COC(=O)Cn1c(=NC(=O)c2ccc(S(=O)(=O)N3CCCCCC3)cc2)sc2cc(C)c(C)cc21. The van der Waals surface area contributed by atoms with E-state index in [9.17, 15) is 18.0 Å². The number of carbonyl (C=O) groups is 2. The van der Waals surface area contributed by atoms with Crippen LogP contribution >= 0.6 is 11.3 Å². The predicted molar refractivity (Wildman–Crippen MR) is 135 cm³/mol. The number of aromatic nitrogens is 1. The molecular weight excluding hydrogens is 486 g/mol. The van der Waals surface area contributed by atoms with Crippen molar-refractivity contribution in [1.82, 2.24) is 8.87 Å². The number of ether oxygens (including phenoxy) is 1. The Hall–Kier alpha value is -2.82. The number of hydrogen-bond donors (Lipinski definition) is 0. The summed E-state index contributed by atoms with van der Waals surface area (Å²) in [5.74, 6) is -0.956. The molecule has 0 spiro atoms. The van der Waals surface area contributed by atoms with Crippen molar-refractivity contribution in [3.63, 3.8) is 0 Å². The van der Waals surface area contributed by atoms with E-state index in [-0.39, 0.29) is 17.0 Å². The summed E-state index contributed by atoms with van der Waals surface area (Å²) >= 11 is 1.32. The first-order valence-corrected chi connectivity index (χ1v) is 13.8. The van der Waals surface area contributed by atoms with Gasteiger partial charge in [0.25, 0.3) is 5.91 Å². The topological polar surface area (TPSA) is 98.0 Å². The van der Waals surface area contributed by atoms with Gasteiger partial charge >= 0.3 is 5.97 Å². The summed E-state index contributed by atoms with van der Waals surface area (Å²) in [7, 11) is -2.28. The van der Waals surface area contributed by atoms with Crippen LogP contribution in [0.3, 0.4) is 0 Å². The minimum atomic E-state index is -3.60. The molecule has 0 bridgehead atoms. The second-order valence-electron chi connectivity index (χ2n) is 8.71. The Morgan fingerprint density at radius 2 is 1.63 bits per heavy atom. The number of hydrogen-bond acceptors (Lipinski definition) is 6. The van der Waals surface area contributed by atoms with Gasteiger partial charge in [-0.2, -0.15) is 9.30 Å². The monoisotopic (exact) mass is 515 g/mol. The second-order valence-corrected chi connectivity index (χ2v) is 11.7. The number of thiazole rings is 1. The summed E-state index contributed by atoms with van der Waals surface area (Å²) in [6.45, 7) is 4.95. The molecule has 0 radical (unpaired) electrons. The fourth-order valence-electron chi connectivity index (χ4n) is 4.11. The maximum absolute atomic E-state index is 13.0. The normalized spacial score (nSPS) is 15.8. The van der Waals surface area contributed by atoms with Gasteiger partial charge in [0.2, 0.25) is 10.0 Å². The number of sulfonamides is 1. The molecule has 3 aromatic rings. The molecule has 10 heteroatoms. The van der Waals surface area contributed by atoms with E-state index in [4.69, 9.17) is 4.74 Å². The summed E-state index contributed by atoms with van der Waals surface area (Å²) in [6.07, 6.45) is 3.78. The molecule has 0 N–H and O–H groups in total. The van der Waals surface area contributed by atoms with Crippen molar-refractivity contribution in [2.24, 2.45) is 4.99 Å². The summed E-state index contributed by atoms with van der Waals surface area (Å²) in [6, 6.07) is 9.88. The minimum Gasteiger partial charge on any atom is -0.468 e. The minimum absolute atomic E-state index is 0.0713. The van der Waals surface area contributed by atoms with Crippen LogP contribution in [0.5, 0.6) is 0 Å². The molecule has 0 saturated carbocycles. The molecule has 0 unspecified atom stereocenters. The van der Waals surface area contributed by atoms with Gasteiger partial charge in [-0.25, -0.2) is 8.42 Å². The lowest BCUT2D eigenvalue weighted by molar-refractivity contribution is -0.141. The lowest BCUT2D eigenvalue weighted by atomic mass is 10.1. The van der Waals surface area contributed by atoms with Gasteiger partial charge in [-0.05, 0) is 74.2 Å². The van der Waals surface area contributed by atoms with Gasteiger partial charge in [0.15, 0.2) is 4.80 Å². The van der Waals surface area contributed by atoms with Crippen molar-refractivity contribution >= 4 is 43.5 Å². The third-order valence-electron chi connectivity index (χ3n) is 6.31. The van der Waals surface area contributed by atoms with Crippen LogP contribution in [-0.4, -0.2) is 49.4 Å². The Bertz CT molecular complexity index is 1430. The van der Waals surface area contributed by atoms with E-state index in [0.29, 0.717) is 17.9 Å². The summed E-state index contributed by atoms with van der Waals surface area (Å²) in [5.41, 5.74) is 3.24. The molecule has 1 saturated heterocycles. The number of rotatable bonds is 5. The van der Waals surface area contributed by atoms with E-state index in [0.717, 1.165) is 47.0 Å². The molecule has 1 fully saturated rings. The van der Waals surface area contributed by atoms with Crippen LogP contribution in [0.25, 0.3) is 10.2 Å². The zero-order valence-corrected chi connectivity index (χ0v) is 21.7. The van der Waals surface area contributed by atoms with E-state index in [1.165, 1.54) is 47.0 Å². The Morgan fingerprint density at radius 1 is 1.00 bits per heavy atom. The van der Waals surface area contributed by atoms with E-state index >= 15 is 0 Å². The smallest absolute Gasteiger partial charge is 0.325 e. The second kappa shape index (κ2) is 10.4. The predicted octanol–water partition coefficient (Wildman–Crippen LogP) is 3.80. The fourth-order valence-corrected chi connectivity index (χ4v) is 6.73. The molecule has 186 valence electrons. The zero-order valence-electron chi connectivity index (χ0n) is 20.1. The molecule has 4 rings (SSSR count). The number of nitrogens with zero attached hydrogens (tertiary/aromatic N) is 3. The third kappa shape index (κ3) is 5.39. The molecule has 1 aliphatic heterocycles. The molecule has 35 heavy (non-hydrogen) atoms. The highest BCUT2D eigenvalue weighted by Crippen LogP contribution is 2.23. The van der Waals surface area contributed by atoms with E-state index in [2.05, 4.69) is 4.99 Å². The first-order chi connectivity index (χ1) is 16.7. The summed E-state index contributed by atoms with van der Waals surface area (Å²) in [4.78, 5) is 29.9. The van der Waals surface area contributed by atoms with Crippen LogP contribution in [-0.2, 0) is 26.1 Å². The highest BCUT2D eigenvalue weighted by Gasteiger charge is 2.25. The molecule has 0 atom stereocenters. The number of benzene rings is 2. The molecule has 1 amide bonds. The first-order valence-electron chi connectivity index (χ1n) is 11.6. The van der Waals surface area contributed by atoms with Crippen molar-refractivity contribution in [1.29, 1.82) is 0 Å². The molecule has 0 aliphatic carbocycles. The van der Waals surface area contributed by atoms with Gasteiger partial charge in [-0.15, -0.1) is 0 Å². The van der Waals surface area contributed by atoms with Crippen molar-refractivity contribution in [3.8, 4) is 0 Å². The average Bonchev–Trinajstić information content (AvgIpc) is 3.01.